The minimum absolute atomic E-state index is 0.0170. The second kappa shape index (κ2) is 12.4. The summed E-state index contributed by atoms with van der Waals surface area (Å²) in [6.07, 6.45) is 7.64. The smallest absolute Gasteiger partial charge is 0.407 e. The summed E-state index contributed by atoms with van der Waals surface area (Å²) in [6.45, 7) is 5.32. The second-order valence-corrected chi connectivity index (χ2v) is 15.3. The highest BCUT2D eigenvalue weighted by Crippen LogP contribution is 2.49. The topological polar surface area (TPSA) is 146 Å². The number of nitrogens with one attached hydrogen (secondary N) is 3. The molecular weight excluding hydrogens is 658 g/mol. The third-order valence-electron chi connectivity index (χ3n) is 11.7. The molecule has 2 unspecified atom stereocenters. The Labute approximate surface area is 301 Å². The third-order valence-corrected chi connectivity index (χ3v) is 11.7. The summed E-state index contributed by atoms with van der Waals surface area (Å²) in [5.74, 6) is 2.49. The van der Waals surface area contributed by atoms with Crippen LogP contribution in [0, 0.1) is 5.41 Å². The predicted octanol–water partition coefficient (Wildman–Crippen LogP) is 6.93. The van der Waals surface area contributed by atoms with E-state index in [4.69, 9.17) is 14.7 Å². The second-order valence-electron chi connectivity index (χ2n) is 15.3. The molecule has 9 rings (SSSR count). The molecule has 3 aromatic carbocycles. The Morgan fingerprint density at radius 2 is 1.87 bits per heavy atom. The minimum Gasteiger partial charge on any atom is -0.488 e. The van der Waals surface area contributed by atoms with Crippen LogP contribution >= 0.6 is 0 Å². The average Bonchev–Trinajstić information content (AvgIpc) is 3.70. The number of aromatic nitrogens is 4. The van der Waals surface area contributed by atoms with Gasteiger partial charge in [0.25, 0.3) is 0 Å². The first-order valence-corrected chi connectivity index (χ1v) is 18.4. The van der Waals surface area contributed by atoms with Gasteiger partial charge in [-0.3, -0.25) is 9.59 Å². The average molecular weight is 702 g/mol. The van der Waals surface area contributed by atoms with Crippen molar-refractivity contribution in [1.29, 1.82) is 0 Å². The number of hydrogen-bond donors (Lipinski definition) is 3. The Balaban J connectivity index is 0.965. The number of H-pyrrole nitrogens is 2. The SMILES string of the molecule is COC(=O)NCC(=O)N1C(c2ncc(-c3ccc4c(c3)COc3cc5c(ccc6[nH]c(C7CCCN7C(=O)CC7(C)CC7)nc65)cc3-4)[nH]2)CC[C@@H]1C. The van der Waals surface area contributed by atoms with Crippen LogP contribution in [0.25, 0.3) is 44.2 Å². The molecule has 1 saturated carbocycles. The number of carbonyl (C=O) groups excluding carboxylic acids is 3. The normalized spacial score (nSPS) is 21.6. The van der Waals surface area contributed by atoms with E-state index in [1.54, 1.807) is 4.90 Å². The van der Waals surface area contributed by atoms with Gasteiger partial charge in [0.2, 0.25) is 11.8 Å². The van der Waals surface area contributed by atoms with Crippen LogP contribution in [-0.2, 0) is 20.9 Å². The molecule has 5 heterocycles. The lowest BCUT2D eigenvalue weighted by molar-refractivity contribution is -0.134. The van der Waals surface area contributed by atoms with Crippen LogP contribution in [0.15, 0.2) is 48.7 Å². The van der Waals surface area contributed by atoms with Crippen molar-refractivity contribution in [3.8, 4) is 28.1 Å². The fourth-order valence-corrected chi connectivity index (χ4v) is 8.47. The largest absolute Gasteiger partial charge is 0.488 e. The molecule has 0 spiro atoms. The zero-order valence-corrected chi connectivity index (χ0v) is 29.8. The van der Waals surface area contributed by atoms with Crippen LogP contribution in [0.1, 0.15) is 88.1 Å². The predicted molar refractivity (Wildman–Crippen MR) is 195 cm³/mol. The van der Waals surface area contributed by atoms with Gasteiger partial charge in [-0.2, -0.15) is 0 Å². The molecule has 3 atom stereocenters. The van der Waals surface area contributed by atoms with Crippen molar-refractivity contribution in [3.63, 3.8) is 0 Å². The van der Waals surface area contributed by atoms with E-state index in [-0.39, 0.29) is 41.9 Å². The van der Waals surface area contributed by atoms with Crippen molar-refractivity contribution in [2.24, 2.45) is 5.41 Å². The van der Waals surface area contributed by atoms with E-state index in [0.29, 0.717) is 13.0 Å². The van der Waals surface area contributed by atoms with Crippen LogP contribution in [0.4, 0.5) is 4.79 Å². The molecule has 12 heteroatoms. The Hall–Kier alpha value is -5.39. The number of methoxy groups -OCH3 is 1. The molecule has 2 aromatic heterocycles. The standard InChI is InChI=1S/C40H43N7O5/c1-22-6-11-32(47(22)35(49)20-42-39(50)51-3)37-41-19-30(44-37)24-7-9-26-25(15-24)21-52-33-17-27-23(16-28(26)33)8-10-29-36(27)45-38(43-29)31-5-4-14-46(31)34(48)18-40(2)12-13-40/h7-10,15-17,19,22,31-32H,4-6,11-14,18,20-21H2,1-3H3,(H,41,44)(H,42,50)(H,43,45)/t22-,31?,32?/m0/s1. The number of benzene rings is 3. The Kier molecular flexibility index (Phi) is 7.74. The highest BCUT2D eigenvalue weighted by Gasteiger charge is 2.42. The molecule has 52 heavy (non-hydrogen) atoms. The van der Waals surface area contributed by atoms with Gasteiger partial charge in [-0.25, -0.2) is 14.8 Å². The molecule has 268 valence electrons. The highest BCUT2D eigenvalue weighted by atomic mass is 16.5. The number of nitrogens with zero attached hydrogens (tertiary/aromatic N) is 4. The Morgan fingerprint density at radius 3 is 2.69 bits per heavy atom. The molecule has 0 radical (unpaired) electrons. The number of carbonyl (C=O) groups is 3. The molecule has 3 N–H and O–H groups in total. The Bertz CT molecular complexity index is 2250. The van der Waals surface area contributed by atoms with E-state index in [0.717, 1.165) is 112 Å². The molecule has 3 aliphatic heterocycles. The molecule has 2 saturated heterocycles. The maximum atomic E-state index is 13.3. The lowest BCUT2D eigenvalue weighted by atomic mass is 9.92. The van der Waals surface area contributed by atoms with Gasteiger partial charge >= 0.3 is 6.09 Å². The number of alkyl carbamates (subject to hydrolysis) is 1. The van der Waals surface area contributed by atoms with E-state index in [2.05, 4.69) is 69.4 Å². The molecular formula is C40H43N7O5. The molecule has 3 fully saturated rings. The van der Waals surface area contributed by atoms with Crippen molar-refractivity contribution in [3.05, 3.63) is 65.9 Å². The van der Waals surface area contributed by atoms with Crippen molar-refractivity contribution in [2.75, 3.05) is 20.2 Å². The van der Waals surface area contributed by atoms with Crippen LogP contribution < -0.4 is 10.1 Å². The van der Waals surface area contributed by atoms with Gasteiger partial charge in [0.15, 0.2) is 0 Å². The summed E-state index contributed by atoms with van der Waals surface area (Å²) in [5.41, 5.74) is 7.14. The lowest BCUT2D eigenvalue weighted by Gasteiger charge is -2.27. The van der Waals surface area contributed by atoms with Crippen LogP contribution in [0.2, 0.25) is 0 Å². The van der Waals surface area contributed by atoms with E-state index in [1.165, 1.54) is 7.11 Å². The van der Waals surface area contributed by atoms with Gasteiger partial charge in [-0.1, -0.05) is 25.1 Å². The maximum Gasteiger partial charge on any atom is 0.407 e. The monoisotopic (exact) mass is 701 g/mol. The summed E-state index contributed by atoms with van der Waals surface area (Å²) < 4.78 is 11.0. The minimum atomic E-state index is -0.632. The summed E-state index contributed by atoms with van der Waals surface area (Å²) in [4.78, 5) is 58.6. The molecule has 5 aromatic rings. The van der Waals surface area contributed by atoms with E-state index < -0.39 is 6.09 Å². The van der Waals surface area contributed by atoms with Crippen LogP contribution in [0.3, 0.4) is 0 Å². The lowest BCUT2D eigenvalue weighted by Crippen LogP contribution is -2.43. The number of hydrogen-bond acceptors (Lipinski definition) is 7. The first kappa shape index (κ1) is 32.5. The van der Waals surface area contributed by atoms with Crippen molar-refractivity contribution < 1.29 is 23.9 Å². The van der Waals surface area contributed by atoms with E-state index in [9.17, 15) is 14.4 Å². The zero-order chi connectivity index (χ0) is 35.7. The van der Waals surface area contributed by atoms with Gasteiger partial charge in [-0.15, -0.1) is 0 Å². The number of amides is 3. The van der Waals surface area contributed by atoms with Gasteiger partial charge in [0.05, 0.1) is 42.1 Å². The number of likely N-dealkylation sites (tertiary alicyclic amines) is 2. The number of ether oxygens (including phenoxy) is 2. The molecule has 4 aliphatic rings. The maximum absolute atomic E-state index is 13.3. The first-order valence-electron chi connectivity index (χ1n) is 18.4. The van der Waals surface area contributed by atoms with E-state index in [1.807, 2.05) is 18.0 Å². The fourth-order valence-electron chi connectivity index (χ4n) is 8.47. The fraction of sp³-hybridized carbons (Fsp3) is 0.425. The quantitative estimate of drug-likeness (QED) is 0.167. The summed E-state index contributed by atoms with van der Waals surface area (Å²) >= 11 is 0. The van der Waals surface area contributed by atoms with Crippen LogP contribution in [-0.4, -0.2) is 73.9 Å². The first-order chi connectivity index (χ1) is 25.2. The summed E-state index contributed by atoms with van der Waals surface area (Å²) in [6, 6.07) is 14.7. The number of aromatic amines is 2. The Morgan fingerprint density at radius 1 is 1.00 bits per heavy atom. The summed E-state index contributed by atoms with van der Waals surface area (Å²) in [7, 11) is 1.28. The number of rotatable bonds is 7. The van der Waals surface area contributed by atoms with Gasteiger partial charge in [0, 0.05) is 30.0 Å². The van der Waals surface area contributed by atoms with E-state index >= 15 is 0 Å². The zero-order valence-electron chi connectivity index (χ0n) is 29.8. The van der Waals surface area contributed by atoms with Crippen LogP contribution in [0.5, 0.6) is 5.75 Å². The third kappa shape index (κ3) is 5.64. The molecule has 3 amide bonds. The van der Waals surface area contributed by atoms with Crippen molar-refractivity contribution >= 4 is 39.7 Å². The van der Waals surface area contributed by atoms with Crippen molar-refractivity contribution in [2.45, 2.75) is 83.5 Å². The van der Waals surface area contributed by atoms with Gasteiger partial charge in [-0.05, 0) is 97.2 Å². The van der Waals surface area contributed by atoms with Gasteiger partial charge in [0.1, 0.15) is 30.5 Å². The molecule has 0 bridgehead atoms. The highest BCUT2D eigenvalue weighted by molar-refractivity contribution is 6.07. The summed E-state index contributed by atoms with van der Waals surface area (Å²) in [5, 5.41) is 4.61. The molecule has 12 nitrogen and oxygen atoms in total. The van der Waals surface area contributed by atoms with Gasteiger partial charge < -0.3 is 34.6 Å². The number of imidazole rings is 2. The molecule has 1 aliphatic carbocycles. The number of fused-ring (bicyclic) bond motifs is 6. The van der Waals surface area contributed by atoms with Crippen molar-refractivity contribution in [1.82, 2.24) is 35.1 Å².